The van der Waals surface area contributed by atoms with Crippen molar-refractivity contribution in [2.75, 3.05) is 0 Å². The molecule has 0 bridgehead atoms. The minimum Gasteiger partial charge on any atom is -0.166 e. The lowest BCUT2D eigenvalue weighted by Crippen LogP contribution is -2.07. The van der Waals surface area contributed by atoms with Crippen LogP contribution in [0, 0.1) is 0 Å². The Morgan fingerprint density at radius 2 is 0.821 bits per heavy atom. The predicted molar refractivity (Wildman–Crippen MR) is 97.1 cm³/mol. The number of alkyl halides is 6. The summed E-state index contributed by atoms with van der Waals surface area (Å²) in [4.78, 5) is 0. The van der Waals surface area contributed by atoms with Gasteiger partial charge in [0.25, 0.3) is 0 Å². The number of hydrogen-bond donors (Lipinski definition) is 0. The highest BCUT2D eigenvalue weighted by Crippen LogP contribution is 2.50. The Hall–Kier alpha value is -0.640. The van der Waals surface area contributed by atoms with Crippen molar-refractivity contribution in [1.29, 1.82) is 0 Å². The van der Waals surface area contributed by atoms with Gasteiger partial charge in [0.15, 0.2) is 0 Å². The van der Waals surface area contributed by atoms with Crippen molar-refractivity contribution in [2.45, 2.75) is 12.4 Å². The molecule has 2 rings (SSSR count). The van der Waals surface area contributed by atoms with Crippen LogP contribution in [0.15, 0.2) is 22.4 Å². The van der Waals surface area contributed by atoms with E-state index in [2.05, 4.69) is 10.2 Å². The molecule has 0 atom stereocenters. The third kappa shape index (κ3) is 4.74. The minimum absolute atomic E-state index is 0.441. The van der Waals surface area contributed by atoms with Crippen molar-refractivity contribution in [1.82, 2.24) is 0 Å². The Morgan fingerprint density at radius 1 is 0.536 bits per heavy atom. The molecule has 152 valence electrons. The second-order valence-electron chi connectivity index (χ2n) is 4.95. The molecule has 0 unspecified atom stereocenters. The number of rotatable bonds is 2. The molecular formula is C14H2Cl6F6N2. The predicted octanol–water partition coefficient (Wildman–Crippen LogP) is 10.1. The standard InChI is InChI=1S/C14H2Cl6F6N2/c15-3-1-5(17)11(9(19)7(3)13(21,22)23)27-28-12-6(18)2-4(16)8(10(12)20)14(24,25)26/h1-2H/b28-27+. The van der Waals surface area contributed by atoms with Gasteiger partial charge in [-0.05, 0) is 12.1 Å². The SMILES string of the molecule is FC(F)(F)c1c(Cl)cc(Cl)c(/N=N/c2c(Cl)cc(Cl)c(C(F)(F)F)c2Cl)c1Cl. The Balaban J connectivity index is 2.69. The first-order valence-corrected chi connectivity index (χ1v) is 8.84. The summed E-state index contributed by atoms with van der Waals surface area (Å²) in [6.07, 6.45) is -9.91. The first kappa shape index (κ1) is 23.6. The molecule has 0 spiro atoms. The van der Waals surface area contributed by atoms with Crippen LogP contribution in [0.4, 0.5) is 37.7 Å². The second kappa shape index (κ2) is 8.24. The van der Waals surface area contributed by atoms with Crippen molar-refractivity contribution in [2.24, 2.45) is 10.2 Å². The lowest BCUT2D eigenvalue weighted by molar-refractivity contribution is -0.138. The zero-order chi connectivity index (χ0) is 21.6. The van der Waals surface area contributed by atoms with Gasteiger partial charge in [0, 0.05) is 0 Å². The van der Waals surface area contributed by atoms with Crippen LogP contribution in [-0.2, 0) is 12.4 Å². The van der Waals surface area contributed by atoms with E-state index >= 15 is 0 Å². The average Bonchev–Trinajstić information content (AvgIpc) is 2.45. The van der Waals surface area contributed by atoms with Crippen LogP contribution in [0.3, 0.4) is 0 Å². The molecule has 0 saturated carbocycles. The molecule has 0 aromatic heterocycles. The maximum atomic E-state index is 13.1. The van der Waals surface area contributed by atoms with Crippen LogP contribution in [0.1, 0.15) is 11.1 Å². The molecule has 0 radical (unpaired) electrons. The fourth-order valence-electron chi connectivity index (χ4n) is 1.96. The Morgan fingerprint density at radius 3 is 1.07 bits per heavy atom. The van der Waals surface area contributed by atoms with E-state index in [1.807, 2.05) is 0 Å². The van der Waals surface area contributed by atoms with E-state index in [0.29, 0.717) is 12.1 Å². The first-order chi connectivity index (χ1) is 12.7. The number of benzene rings is 2. The van der Waals surface area contributed by atoms with Gasteiger partial charge >= 0.3 is 12.4 Å². The highest BCUT2D eigenvalue weighted by atomic mass is 35.5. The van der Waals surface area contributed by atoms with E-state index in [-0.39, 0.29) is 0 Å². The van der Waals surface area contributed by atoms with Crippen LogP contribution in [0.5, 0.6) is 0 Å². The van der Waals surface area contributed by atoms with E-state index in [0.717, 1.165) is 0 Å². The molecule has 0 N–H and O–H groups in total. The maximum absolute atomic E-state index is 13.1. The number of halogens is 12. The van der Waals surface area contributed by atoms with Crippen LogP contribution in [0.25, 0.3) is 0 Å². The van der Waals surface area contributed by atoms with Gasteiger partial charge in [0.2, 0.25) is 0 Å². The number of hydrogen-bond acceptors (Lipinski definition) is 2. The molecule has 0 aliphatic heterocycles. The Labute approximate surface area is 182 Å². The summed E-state index contributed by atoms with van der Waals surface area (Å²) in [6, 6.07) is 1.41. The molecule has 0 saturated heterocycles. The first-order valence-electron chi connectivity index (χ1n) is 6.57. The third-order valence-electron chi connectivity index (χ3n) is 3.11. The van der Waals surface area contributed by atoms with E-state index in [9.17, 15) is 26.3 Å². The summed E-state index contributed by atoms with van der Waals surface area (Å²) in [5.41, 5.74) is -4.29. The van der Waals surface area contributed by atoms with Crippen molar-refractivity contribution < 1.29 is 26.3 Å². The normalized spacial score (nSPS) is 12.9. The lowest BCUT2D eigenvalue weighted by Gasteiger charge is -2.14. The summed E-state index contributed by atoms with van der Waals surface area (Å²) >= 11 is 33.9. The van der Waals surface area contributed by atoms with Crippen molar-refractivity contribution in [3.63, 3.8) is 0 Å². The van der Waals surface area contributed by atoms with Crippen LogP contribution in [-0.4, -0.2) is 0 Å². The highest BCUT2D eigenvalue weighted by Gasteiger charge is 2.39. The highest BCUT2D eigenvalue weighted by molar-refractivity contribution is 6.43. The van der Waals surface area contributed by atoms with Crippen molar-refractivity contribution in [3.05, 3.63) is 53.4 Å². The molecule has 0 heterocycles. The fourth-order valence-corrected chi connectivity index (χ4v) is 4.07. The molecule has 2 aromatic carbocycles. The van der Waals surface area contributed by atoms with Gasteiger partial charge in [0.05, 0.1) is 41.3 Å². The van der Waals surface area contributed by atoms with E-state index in [1.54, 1.807) is 0 Å². The van der Waals surface area contributed by atoms with Gasteiger partial charge in [0.1, 0.15) is 11.4 Å². The molecule has 2 aromatic rings. The maximum Gasteiger partial charge on any atom is 0.419 e. The molecular weight excluding hydrogens is 523 g/mol. The van der Waals surface area contributed by atoms with Gasteiger partial charge in [-0.15, -0.1) is 10.2 Å². The van der Waals surface area contributed by atoms with Crippen LogP contribution in [0.2, 0.25) is 30.1 Å². The molecule has 0 aliphatic rings. The largest absolute Gasteiger partial charge is 0.419 e. The Bertz CT molecular complexity index is 893. The summed E-state index contributed by atoms with van der Waals surface area (Å²) < 4.78 is 78.5. The molecule has 14 heteroatoms. The summed E-state index contributed by atoms with van der Waals surface area (Å²) in [5.74, 6) is 0. The lowest BCUT2D eigenvalue weighted by atomic mass is 10.2. The van der Waals surface area contributed by atoms with Crippen molar-refractivity contribution >= 4 is 81.0 Å². The zero-order valence-corrected chi connectivity index (χ0v) is 17.1. The van der Waals surface area contributed by atoms with E-state index < -0.39 is 65.0 Å². The van der Waals surface area contributed by atoms with Crippen LogP contribution >= 0.6 is 69.6 Å². The van der Waals surface area contributed by atoms with Gasteiger partial charge in [-0.2, -0.15) is 26.3 Å². The quantitative estimate of drug-likeness (QED) is 0.276. The summed E-state index contributed by atoms with van der Waals surface area (Å²) in [6.45, 7) is 0. The average molecular weight is 525 g/mol. The summed E-state index contributed by atoms with van der Waals surface area (Å²) in [5, 5.41) is 2.27. The van der Waals surface area contributed by atoms with Crippen LogP contribution < -0.4 is 0 Å². The van der Waals surface area contributed by atoms with Gasteiger partial charge < -0.3 is 0 Å². The molecule has 0 fully saturated rings. The summed E-state index contributed by atoms with van der Waals surface area (Å²) in [7, 11) is 0. The van der Waals surface area contributed by atoms with Gasteiger partial charge in [-0.25, -0.2) is 0 Å². The monoisotopic (exact) mass is 522 g/mol. The Kier molecular flexibility index (Phi) is 6.96. The van der Waals surface area contributed by atoms with Crippen molar-refractivity contribution in [3.8, 4) is 0 Å². The zero-order valence-electron chi connectivity index (χ0n) is 12.6. The number of azo groups is 1. The molecule has 0 aliphatic carbocycles. The smallest absolute Gasteiger partial charge is 0.166 e. The molecule has 0 amide bonds. The molecule has 28 heavy (non-hydrogen) atoms. The fraction of sp³-hybridized carbons (Fsp3) is 0.143. The van der Waals surface area contributed by atoms with Gasteiger partial charge in [-0.3, -0.25) is 0 Å². The second-order valence-corrected chi connectivity index (χ2v) is 7.34. The third-order valence-corrected chi connectivity index (χ3v) is 5.02. The van der Waals surface area contributed by atoms with Gasteiger partial charge in [-0.1, -0.05) is 69.6 Å². The topological polar surface area (TPSA) is 24.7 Å². The molecule has 2 nitrogen and oxygen atoms in total. The van der Waals surface area contributed by atoms with E-state index in [1.165, 1.54) is 0 Å². The minimum atomic E-state index is -4.96. The number of nitrogens with zero attached hydrogens (tertiary/aromatic N) is 2. The van der Waals surface area contributed by atoms with E-state index in [4.69, 9.17) is 69.6 Å².